The standard InChI is InChI=1S/C9H16BrN3/c1-4-9(2,6-11)8-7(10)5-12-13(8)3/h5H,4,6,11H2,1-3H3. The maximum atomic E-state index is 5.78. The molecule has 1 aromatic heterocycles. The Bertz CT molecular complexity index is 270. The van der Waals surface area contributed by atoms with Crippen molar-refractivity contribution >= 4 is 15.9 Å². The molecule has 0 saturated carbocycles. The highest BCUT2D eigenvalue weighted by Crippen LogP contribution is 2.31. The van der Waals surface area contributed by atoms with Crippen molar-refractivity contribution in [2.24, 2.45) is 12.8 Å². The minimum atomic E-state index is 0.0179. The monoisotopic (exact) mass is 245 g/mol. The fourth-order valence-corrected chi connectivity index (χ4v) is 2.32. The Balaban J connectivity index is 3.18. The number of aromatic nitrogens is 2. The maximum Gasteiger partial charge on any atom is 0.0635 e. The zero-order valence-corrected chi connectivity index (χ0v) is 9.93. The van der Waals surface area contributed by atoms with Crippen molar-refractivity contribution in [2.45, 2.75) is 25.7 Å². The van der Waals surface area contributed by atoms with E-state index < -0.39 is 0 Å². The number of halogens is 1. The highest BCUT2D eigenvalue weighted by Gasteiger charge is 2.28. The van der Waals surface area contributed by atoms with E-state index in [0.717, 1.165) is 10.9 Å². The van der Waals surface area contributed by atoms with Gasteiger partial charge in [0.2, 0.25) is 0 Å². The molecule has 0 radical (unpaired) electrons. The largest absolute Gasteiger partial charge is 0.330 e. The molecule has 0 amide bonds. The van der Waals surface area contributed by atoms with Crippen molar-refractivity contribution in [1.29, 1.82) is 0 Å². The van der Waals surface area contributed by atoms with Crippen LogP contribution in [0.2, 0.25) is 0 Å². The molecule has 0 fully saturated rings. The number of rotatable bonds is 3. The van der Waals surface area contributed by atoms with Crippen LogP contribution >= 0.6 is 15.9 Å². The van der Waals surface area contributed by atoms with Crippen molar-refractivity contribution < 1.29 is 0 Å². The molecule has 0 saturated heterocycles. The minimum Gasteiger partial charge on any atom is -0.330 e. The summed E-state index contributed by atoms with van der Waals surface area (Å²) in [5.41, 5.74) is 6.98. The fourth-order valence-electron chi connectivity index (χ4n) is 1.50. The van der Waals surface area contributed by atoms with Gasteiger partial charge in [-0.15, -0.1) is 0 Å². The van der Waals surface area contributed by atoms with Crippen LogP contribution in [0.3, 0.4) is 0 Å². The zero-order valence-electron chi connectivity index (χ0n) is 8.34. The van der Waals surface area contributed by atoms with Crippen LogP contribution in [0.5, 0.6) is 0 Å². The van der Waals surface area contributed by atoms with E-state index in [2.05, 4.69) is 34.9 Å². The third kappa shape index (κ3) is 1.79. The summed E-state index contributed by atoms with van der Waals surface area (Å²) in [6.07, 6.45) is 2.83. The molecule has 0 aliphatic rings. The highest BCUT2D eigenvalue weighted by molar-refractivity contribution is 9.10. The lowest BCUT2D eigenvalue weighted by Gasteiger charge is -2.27. The van der Waals surface area contributed by atoms with E-state index in [4.69, 9.17) is 5.73 Å². The molecule has 1 heterocycles. The Morgan fingerprint density at radius 2 is 2.31 bits per heavy atom. The smallest absolute Gasteiger partial charge is 0.0635 e. The lowest BCUT2D eigenvalue weighted by Crippen LogP contribution is -2.33. The third-order valence-electron chi connectivity index (χ3n) is 2.70. The maximum absolute atomic E-state index is 5.78. The van der Waals surface area contributed by atoms with Gasteiger partial charge in [0.05, 0.1) is 16.4 Å². The predicted molar refractivity (Wildman–Crippen MR) is 57.6 cm³/mol. The summed E-state index contributed by atoms with van der Waals surface area (Å²) in [7, 11) is 1.95. The van der Waals surface area contributed by atoms with Gasteiger partial charge in [-0.3, -0.25) is 4.68 Å². The van der Waals surface area contributed by atoms with Crippen LogP contribution in [0.25, 0.3) is 0 Å². The van der Waals surface area contributed by atoms with Crippen LogP contribution in [0.4, 0.5) is 0 Å². The van der Waals surface area contributed by atoms with Crippen molar-refractivity contribution in [3.8, 4) is 0 Å². The van der Waals surface area contributed by atoms with Gasteiger partial charge >= 0.3 is 0 Å². The first kappa shape index (κ1) is 10.7. The van der Waals surface area contributed by atoms with Gasteiger partial charge in [0.1, 0.15) is 0 Å². The molecule has 3 nitrogen and oxygen atoms in total. The minimum absolute atomic E-state index is 0.0179. The quantitative estimate of drug-likeness (QED) is 0.883. The second kappa shape index (κ2) is 3.80. The Morgan fingerprint density at radius 3 is 2.62 bits per heavy atom. The molecule has 0 bridgehead atoms. The average molecular weight is 246 g/mol. The molecular formula is C9H16BrN3. The molecule has 1 aromatic rings. The molecule has 0 aromatic carbocycles. The molecule has 74 valence electrons. The lowest BCUT2D eigenvalue weighted by molar-refractivity contribution is 0.428. The fraction of sp³-hybridized carbons (Fsp3) is 0.667. The third-order valence-corrected chi connectivity index (χ3v) is 3.28. The van der Waals surface area contributed by atoms with Crippen molar-refractivity contribution in [2.75, 3.05) is 6.54 Å². The number of hydrogen-bond donors (Lipinski definition) is 1. The number of aryl methyl sites for hydroxylation is 1. The van der Waals surface area contributed by atoms with Gasteiger partial charge in [-0.05, 0) is 22.4 Å². The van der Waals surface area contributed by atoms with Gasteiger partial charge in [0.25, 0.3) is 0 Å². The number of hydrogen-bond acceptors (Lipinski definition) is 2. The molecule has 0 aliphatic carbocycles. The van der Waals surface area contributed by atoms with Gasteiger partial charge < -0.3 is 5.73 Å². The summed E-state index contributed by atoms with van der Waals surface area (Å²) in [5, 5.41) is 4.19. The van der Waals surface area contributed by atoms with Crippen LogP contribution in [0.1, 0.15) is 26.0 Å². The first-order valence-corrected chi connectivity index (χ1v) is 5.22. The molecule has 13 heavy (non-hydrogen) atoms. The summed E-state index contributed by atoms with van der Waals surface area (Å²) in [6, 6.07) is 0. The van der Waals surface area contributed by atoms with Gasteiger partial charge in [-0.25, -0.2) is 0 Å². The van der Waals surface area contributed by atoms with E-state index in [0.29, 0.717) is 6.54 Å². The van der Waals surface area contributed by atoms with Crippen LogP contribution in [0.15, 0.2) is 10.7 Å². The predicted octanol–water partition coefficient (Wildman–Crippen LogP) is 1.81. The van der Waals surface area contributed by atoms with Crippen molar-refractivity contribution in [3.63, 3.8) is 0 Å². The summed E-state index contributed by atoms with van der Waals surface area (Å²) in [5.74, 6) is 0. The van der Waals surface area contributed by atoms with Crippen LogP contribution in [0, 0.1) is 0 Å². The van der Waals surface area contributed by atoms with E-state index in [1.165, 1.54) is 5.69 Å². The van der Waals surface area contributed by atoms with E-state index in [1.54, 1.807) is 0 Å². The first-order valence-electron chi connectivity index (χ1n) is 4.43. The summed E-state index contributed by atoms with van der Waals surface area (Å²) >= 11 is 3.50. The molecule has 2 N–H and O–H groups in total. The molecule has 1 rings (SSSR count). The van der Waals surface area contributed by atoms with Crippen LogP contribution in [-0.4, -0.2) is 16.3 Å². The lowest BCUT2D eigenvalue weighted by atomic mass is 9.84. The average Bonchev–Trinajstić information content (AvgIpc) is 2.46. The Labute approximate surface area is 87.4 Å². The molecule has 4 heteroatoms. The van der Waals surface area contributed by atoms with Crippen molar-refractivity contribution in [1.82, 2.24) is 9.78 Å². The Morgan fingerprint density at radius 1 is 1.69 bits per heavy atom. The Kier molecular flexibility index (Phi) is 3.14. The van der Waals surface area contributed by atoms with E-state index in [-0.39, 0.29) is 5.41 Å². The SMILES string of the molecule is CCC(C)(CN)c1c(Br)cnn1C. The van der Waals surface area contributed by atoms with E-state index in [1.807, 2.05) is 17.9 Å². The molecular weight excluding hydrogens is 230 g/mol. The molecule has 0 spiro atoms. The van der Waals surface area contributed by atoms with Crippen LogP contribution in [-0.2, 0) is 12.5 Å². The van der Waals surface area contributed by atoms with Gasteiger partial charge in [-0.2, -0.15) is 5.10 Å². The van der Waals surface area contributed by atoms with Gasteiger partial charge in [-0.1, -0.05) is 13.8 Å². The van der Waals surface area contributed by atoms with Gasteiger partial charge in [0, 0.05) is 19.0 Å². The number of nitrogens with zero attached hydrogens (tertiary/aromatic N) is 2. The van der Waals surface area contributed by atoms with Gasteiger partial charge in [0.15, 0.2) is 0 Å². The summed E-state index contributed by atoms with van der Waals surface area (Å²) < 4.78 is 2.94. The van der Waals surface area contributed by atoms with E-state index >= 15 is 0 Å². The number of nitrogens with two attached hydrogens (primary N) is 1. The van der Waals surface area contributed by atoms with Crippen molar-refractivity contribution in [3.05, 3.63) is 16.4 Å². The topological polar surface area (TPSA) is 43.8 Å². The first-order chi connectivity index (χ1) is 6.05. The normalized spacial score (nSPS) is 15.8. The van der Waals surface area contributed by atoms with Crippen LogP contribution < -0.4 is 5.73 Å². The summed E-state index contributed by atoms with van der Waals surface area (Å²) in [6.45, 7) is 4.95. The Hall–Kier alpha value is -0.350. The van der Waals surface area contributed by atoms with E-state index in [9.17, 15) is 0 Å². The molecule has 1 atom stereocenters. The zero-order chi connectivity index (χ0) is 10.1. The second-order valence-corrected chi connectivity index (χ2v) is 4.44. The summed E-state index contributed by atoms with van der Waals surface area (Å²) in [4.78, 5) is 0. The second-order valence-electron chi connectivity index (χ2n) is 3.58. The highest BCUT2D eigenvalue weighted by atomic mass is 79.9. The molecule has 1 unspecified atom stereocenters. The molecule has 0 aliphatic heterocycles.